The van der Waals surface area contributed by atoms with E-state index in [1.165, 1.54) is 0 Å². The molecule has 0 aliphatic carbocycles. The topological polar surface area (TPSA) is 17.1 Å². The standard InChI is InChI=1S/C8H16OS2/c1-4-8(9)6-5-7(2)11-10-3/h7H,4-6H2,1-3H3/t7-/m0/s1. The summed E-state index contributed by atoms with van der Waals surface area (Å²) >= 11 is 0. The molecule has 66 valence electrons. The second-order valence-corrected chi connectivity index (χ2v) is 5.41. The van der Waals surface area contributed by atoms with Crippen LogP contribution in [0.1, 0.15) is 33.1 Å². The van der Waals surface area contributed by atoms with Gasteiger partial charge in [0.2, 0.25) is 0 Å². The minimum atomic E-state index is 0.388. The van der Waals surface area contributed by atoms with Crippen molar-refractivity contribution < 1.29 is 4.79 Å². The monoisotopic (exact) mass is 192 g/mol. The first-order chi connectivity index (χ1) is 5.20. The zero-order valence-electron chi connectivity index (χ0n) is 7.42. The molecule has 3 heteroatoms. The number of ketones is 1. The maximum absolute atomic E-state index is 10.9. The third kappa shape index (κ3) is 6.76. The average Bonchev–Trinajstić information content (AvgIpc) is 2.01. The van der Waals surface area contributed by atoms with Gasteiger partial charge < -0.3 is 0 Å². The summed E-state index contributed by atoms with van der Waals surface area (Å²) in [5, 5.41) is 0.612. The van der Waals surface area contributed by atoms with Gasteiger partial charge in [-0.2, -0.15) is 0 Å². The highest BCUT2D eigenvalue weighted by molar-refractivity contribution is 8.76. The summed E-state index contributed by atoms with van der Waals surface area (Å²) in [6.45, 7) is 4.10. The maximum atomic E-state index is 10.9. The van der Waals surface area contributed by atoms with Crippen LogP contribution in [-0.4, -0.2) is 17.3 Å². The molecular weight excluding hydrogens is 176 g/mol. The van der Waals surface area contributed by atoms with Crippen LogP contribution in [0.25, 0.3) is 0 Å². The molecule has 0 amide bonds. The maximum Gasteiger partial charge on any atom is 0.132 e. The Labute approximate surface area is 77.1 Å². The van der Waals surface area contributed by atoms with E-state index in [0.29, 0.717) is 17.5 Å². The third-order valence-electron chi connectivity index (χ3n) is 1.48. The molecule has 0 bridgehead atoms. The molecule has 0 spiro atoms. The van der Waals surface area contributed by atoms with Gasteiger partial charge in [-0.3, -0.25) is 4.79 Å². The van der Waals surface area contributed by atoms with Crippen molar-refractivity contribution in [1.29, 1.82) is 0 Å². The van der Waals surface area contributed by atoms with E-state index >= 15 is 0 Å². The van der Waals surface area contributed by atoms with E-state index in [2.05, 4.69) is 13.2 Å². The Morgan fingerprint density at radius 3 is 2.64 bits per heavy atom. The van der Waals surface area contributed by atoms with Crippen LogP contribution in [0.5, 0.6) is 0 Å². The Bertz CT molecular complexity index is 115. The van der Waals surface area contributed by atoms with Gasteiger partial charge in [0, 0.05) is 18.1 Å². The lowest BCUT2D eigenvalue weighted by Crippen LogP contribution is -2.00. The van der Waals surface area contributed by atoms with Crippen molar-refractivity contribution in [2.24, 2.45) is 0 Å². The van der Waals surface area contributed by atoms with Gasteiger partial charge in [0.15, 0.2) is 0 Å². The molecule has 0 aliphatic heterocycles. The molecule has 0 saturated heterocycles. The van der Waals surface area contributed by atoms with Crippen LogP contribution in [-0.2, 0) is 4.79 Å². The highest BCUT2D eigenvalue weighted by atomic mass is 33.1. The SMILES string of the molecule is CCC(=O)CC[C@H](C)SSC. The number of hydrogen-bond donors (Lipinski definition) is 0. The van der Waals surface area contributed by atoms with Crippen LogP contribution in [0, 0.1) is 0 Å². The highest BCUT2D eigenvalue weighted by Crippen LogP contribution is 2.26. The van der Waals surface area contributed by atoms with E-state index in [1.807, 2.05) is 17.7 Å². The van der Waals surface area contributed by atoms with Gasteiger partial charge in [-0.15, -0.1) is 0 Å². The number of carbonyl (C=O) groups excluding carboxylic acids is 1. The van der Waals surface area contributed by atoms with Gasteiger partial charge in [-0.05, 0) is 12.7 Å². The van der Waals surface area contributed by atoms with E-state index in [0.717, 1.165) is 12.8 Å². The number of carbonyl (C=O) groups is 1. The molecule has 1 nitrogen and oxygen atoms in total. The van der Waals surface area contributed by atoms with Crippen LogP contribution in [0.2, 0.25) is 0 Å². The van der Waals surface area contributed by atoms with Gasteiger partial charge in [0.05, 0.1) is 0 Å². The molecule has 0 unspecified atom stereocenters. The first-order valence-electron chi connectivity index (χ1n) is 3.91. The van der Waals surface area contributed by atoms with Crippen molar-refractivity contribution in [3.63, 3.8) is 0 Å². The second kappa shape index (κ2) is 7.04. The van der Waals surface area contributed by atoms with Crippen LogP contribution in [0.4, 0.5) is 0 Å². The van der Waals surface area contributed by atoms with Gasteiger partial charge in [-0.1, -0.05) is 35.4 Å². The predicted octanol–water partition coefficient (Wildman–Crippen LogP) is 3.15. The van der Waals surface area contributed by atoms with Gasteiger partial charge in [0.25, 0.3) is 0 Å². The lowest BCUT2D eigenvalue weighted by Gasteiger charge is -2.06. The van der Waals surface area contributed by atoms with Crippen LogP contribution < -0.4 is 0 Å². The molecule has 0 aromatic heterocycles. The Balaban J connectivity index is 3.29. The molecular formula is C8H16OS2. The van der Waals surface area contributed by atoms with E-state index in [9.17, 15) is 4.79 Å². The molecule has 0 radical (unpaired) electrons. The Morgan fingerprint density at radius 1 is 1.55 bits per heavy atom. The molecule has 1 atom stereocenters. The van der Waals surface area contributed by atoms with E-state index in [-0.39, 0.29) is 0 Å². The Kier molecular flexibility index (Phi) is 7.28. The first-order valence-corrected chi connectivity index (χ1v) is 6.54. The molecule has 0 heterocycles. The van der Waals surface area contributed by atoms with Crippen molar-refractivity contribution in [3.05, 3.63) is 0 Å². The average molecular weight is 192 g/mol. The predicted molar refractivity (Wildman–Crippen MR) is 55.1 cm³/mol. The molecule has 0 saturated carbocycles. The van der Waals surface area contributed by atoms with Gasteiger partial charge in [0.1, 0.15) is 5.78 Å². The largest absolute Gasteiger partial charge is 0.300 e. The molecule has 0 aromatic rings. The van der Waals surface area contributed by atoms with E-state index in [1.54, 1.807) is 10.8 Å². The summed E-state index contributed by atoms with van der Waals surface area (Å²) < 4.78 is 0. The van der Waals surface area contributed by atoms with Crippen molar-refractivity contribution in [1.82, 2.24) is 0 Å². The molecule has 0 aliphatic rings. The summed E-state index contributed by atoms with van der Waals surface area (Å²) in [6.07, 6.45) is 4.54. The fraction of sp³-hybridized carbons (Fsp3) is 0.875. The van der Waals surface area contributed by atoms with Gasteiger partial charge >= 0.3 is 0 Å². The smallest absolute Gasteiger partial charge is 0.132 e. The summed E-state index contributed by atoms with van der Waals surface area (Å²) in [5.41, 5.74) is 0. The van der Waals surface area contributed by atoms with E-state index in [4.69, 9.17) is 0 Å². The lowest BCUT2D eigenvalue weighted by molar-refractivity contribution is -0.118. The summed E-state index contributed by atoms with van der Waals surface area (Å²) in [4.78, 5) is 10.9. The van der Waals surface area contributed by atoms with Crippen molar-refractivity contribution >= 4 is 27.4 Å². The fourth-order valence-corrected chi connectivity index (χ4v) is 2.57. The Morgan fingerprint density at radius 2 is 2.18 bits per heavy atom. The Hall–Kier alpha value is 0.370. The molecule has 0 N–H and O–H groups in total. The highest BCUT2D eigenvalue weighted by Gasteiger charge is 2.04. The van der Waals surface area contributed by atoms with Crippen molar-refractivity contribution in [2.75, 3.05) is 6.26 Å². The van der Waals surface area contributed by atoms with Gasteiger partial charge in [-0.25, -0.2) is 0 Å². The number of rotatable bonds is 6. The normalized spacial score (nSPS) is 13.0. The van der Waals surface area contributed by atoms with Crippen LogP contribution >= 0.6 is 21.6 Å². The zero-order chi connectivity index (χ0) is 8.69. The van der Waals surface area contributed by atoms with Crippen LogP contribution in [0.15, 0.2) is 0 Å². The summed E-state index contributed by atoms with van der Waals surface area (Å²) in [6, 6.07) is 0. The van der Waals surface area contributed by atoms with Crippen molar-refractivity contribution in [2.45, 2.75) is 38.4 Å². The molecule has 0 aromatic carbocycles. The summed E-state index contributed by atoms with van der Waals surface area (Å²) in [7, 11) is 3.62. The number of hydrogen-bond acceptors (Lipinski definition) is 3. The summed E-state index contributed by atoms with van der Waals surface area (Å²) in [5.74, 6) is 0.388. The minimum absolute atomic E-state index is 0.388. The zero-order valence-corrected chi connectivity index (χ0v) is 9.06. The molecule has 0 rings (SSSR count). The van der Waals surface area contributed by atoms with Crippen LogP contribution in [0.3, 0.4) is 0 Å². The molecule has 11 heavy (non-hydrogen) atoms. The third-order valence-corrected chi connectivity index (χ3v) is 3.80. The number of Topliss-reactive ketones (excluding diaryl/α,β-unsaturated/α-hetero) is 1. The second-order valence-electron chi connectivity index (χ2n) is 2.50. The first kappa shape index (κ1) is 11.4. The molecule has 0 fully saturated rings. The van der Waals surface area contributed by atoms with E-state index < -0.39 is 0 Å². The quantitative estimate of drug-likeness (QED) is 0.602. The lowest BCUT2D eigenvalue weighted by atomic mass is 10.1. The minimum Gasteiger partial charge on any atom is -0.300 e. The van der Waals surface area contributed by atoms with Crippen molar-refractivity contribution in [3.8, 4) is 0 Å². The fourth-order valence-electron chi connectivity index (χ4n) is 0.753.